The zero-order valence-electron chi connectivity index (χ0n) is 18.5. The molecule has 0 aliphatic rings. The minimum absolute atomic E-state index is 0.0196. The normalized spacial score (nSPS) is 11.4. The van der Waals surface area contributed by atoms with Gasteiger partial charge in [0.15, 0.2) is 11.5 Å². The van der Waals surface area contributed by atoms with Crippen LogP contribution >= 0.6 is 0 Å². The summed E-state index contributed by atoms with van der Waals surface area (Å²) in [6.07, 6.45) is 1.37. The number of sulfonamides is 1. The number of hydrogen-bond donors (Lipinski definition) is 2. The molecule has 0 spiro atoms. The summed E-state index contributed by atoms with van der Waals surface area (Å²) in [6.45, 7) is 3.25. The Morgan fingerprint density at radius 1 is 1.06 bits per heavy atom. The number of hydrogen-bond acceptors (Lipinski definition) is 6. The van der Waals surface area contributed by atoms with E-state index in [1.165, 1.54) is 31.5 Å². The van der Waals surface area contributed by atoms with Gasteiger partial charge in [0.25, 0.3) is 15.9 Å². The summed E-state index contributed by atoms with van der Waals surface area (Å²) in [5, 5.41) is 13.6. The molecule has 0 saturated carbocycles. The summed E-state index contributed by atoms with van der Waals surface area (Å²) in [5.74, 6) is -0.372. The third-order valence-electron chi connectivity index (χ3n) is 4.79. The van der Waals surface area contributed by atoms with Gasteiger partial charge in [-0.15, -0.1) is 0 Å². The summed E-state index contributed by atoms with van der Waals surface area (Å²) < 4.78 is 32.8. The molecule has 3 aromatic rings. The quantitative estimate of drug-likeness (QED) is 0.390. The number of hydrazone groups is 1. The van der Waals surface area contributed by atoms with E-state index >= 15 is 0 Å². The average molecular weight is 468 g/mol. The van der Waals surface area contributed by atoms with Gasteiger partial charge in [-0.1, -0.05) is 29.8 Å². The lowest BCUT2D eigenvalue weighted by atomic mass is 10.2. The fourth-order valence-electron chi connectivity index (χ4n) is 3.05. The Balaban J connectivity index is 1.83. The Kier molecular flexibility index (Phi) is 7.34. The summed E-state index contributed by atoms with van der Waals surface area (Å²) in [6, 6.07) is 17.9. The standard InChI is InChI=1S/C24H25N3O5S/c1-17-7-10-21(11-8-17)33(30,31)27(20-6-4-5-18(2)13-20)16-24(29)26-25-15-19-9-12-22(28)23(14-19)32-3/h4-15,28H,16H2,1-3H3,(H,26,29)/b25-15-. The molecule has 1 amide bonds. The van der Waals surface area contributed by atoms with E-state index < -0.39 is 22.5 Å². The van der Waals surface area contributed by atoms with E-state index in [2.05, 4.69) is 10.5 Å². The van der Waals surface area contributed by atoms with Gasteiger partial charge in [0.2, 0.25) is 0 Å². The van der Waals surface area contributed by atoms with E-state index in [9.17, 15) is 18.3 Å². The van der Waals surface area contributed by atoms with E-state index in [0.29, 0.717) is 11.3 Å². The largest absolute Gasteiger partial charge is 0.504 e. The van der Waals surface area contributed by atoms with Crippen molar-refractivity contribution in [1.82, 2.24) is 5.43 Å². The molecule has 3 aromatic carbocycles. The first kappa shape index (κ1) is 23.8. The number of benzene rings is 3. The van der Waals surface area contributed by atoms with Gasteiger partial charge in [0, 0.05) is 0 Å². The fourth-order valence-corrected chi connectivity index (χ4v) is 4.47. The predicted octanol–water partition coefficient (Wildman–Crippen LogP) is 3.36. The number of carbonyl (C=O) groups excluding carboxylic acids is 1. The number of phenols is 1. The van der Waals surface area contributed by atoms with Gasteiger partial charge in [-0.05, 0) is 67.4 Å². The van der Waals surface area contributed by atoms with Crippen LogP contribution in [0.25, 0.3) is 0 Å². The smallest absolute Gasteiger partial charge is 0.264 e. The van der Waals surface area contributed by atoms with E-state index in [0.717, 1.165) is 15.4 Å². The number of ether oxygens (including phenoxy) is 1. The van der Waals surface area contributed by atoms with Gasteiger partial charge < -0.3 is 9.84 Å². The summed E-state index contributed by atoms with van der Waals surface area (Å²) in [4.78, 5) is 12.7. The monoisotopic (exact) mass is 467 g/mol. The van der Waals surface area contributed by atoms with Crippen LogP contribution in [-0.4, -0.2) is 39.3 Å². The lowest BCUT2D eigenvalue weighted by Crippen LogP contribution is -2.39. The maximum Gasteiger partial charge on any atom is 0.264 e. The molecule has 0 saturated heterocycles. The van der Waals surface area contributed by atoms with Crippen molar-refractivity contribution in [2.45, 2.75) is 18.7 Å². The minimum Gasteiger partial charge on any atom is -0.504 e. The van der Waals surface area contributed by atoms with Crippen LogP contribution in [0.3, 0.4) is 0 Å². The van der Waals surface area contributed by atoms with Crippen LogP contribution in [0.4, 0.5) is 5.69 Å². The molecule has 0 heterocycles. The van der Waals surface area contributed by atoms with Crippen LogP contribution in [0.2, 0.25) is 0 Å². The third kappa shape index (κ3) is 5.89. The molecular formula is C24H25N3O5S. The summed E-state index contributed by atoms with van der Waals surface area (Å²) >= 11 is 0. The zero-order valence-corrected chi connectivity index (χ0v) is 19.3. The van der Waals surface area contributed by atoms with E-state index in [4.69, 9.17) is 4.74 Å². The van der Waals surface area contributed by atoms with Gasteiger partial charge in [-0.2, -0.15) is 5.10 Å². The Labute approximate surface area is 193 Å². The number of anilines is 1. The number of aromatic hydroxyl groups is 1. The van der Waals surface area contributed by atoms with Crippen molar-refractivity contribution in [2.75, 3.05) is 18.0 Å². The SMILES string of the molecule is COc1cc(/C=N\NC(=O)CN(c2cccc(C)c2)S(=O)(=O)c2ccc(C)cc2)ccc1O. The van der Waals surface area contributed by atoms with E-state index in [1.807, 2.05) is 19.9 Å². The van der Waals surface area contributed by atoms with Crippen LogP contribution in [0.5, 0.6) is 11.5 Å². The number of carbonyl (C=O) groups is 1. The van der Waals surface area contributed by atoms with E-state index in [1.54, 1.807) is 42.5 Å². The predicted molar refractivity (Wildman–Crippen MR) is 127 cm³/mol. The first-order valence-corrected chi connectivity index (χ1v) is 11.5. The second kappa shape index (κ2) is 10.2. The number of nitrogens with one attached hydrogen (secondary N) is 1. The Morgan fingerprint density at radius 2 is 1.79 bits per heavy atom. The number of phenolic OH excluding ortho intramolecular Hbond substituents is 1. The van der Waals surface area contributed by atoms with Crippen molar-refractivity contribution in [3.8, 4) is 11.5 Å². The molecule has 172 valence electrons. The number of nitrogens with zero attached hydrogens (tertiary/aromatic N) is 2. The molecule has 2 N–H and O–H groups in total. The first-order valence-electron chi connectivity index (χ1n) is 10.1. The highest BCUT2D eigenvalue weighted by Gasteiger charge is 2.27. The Hall–Kier alpha value is -3.85. The van der Waals surface area contributed by atoms with Crippen molar-refractivity contribution in [3.05, 3.63) is 83.4 Å². The maximum absolute atomic E-state index is 13.4. The van der Waals surface area contributed by atoms with Gasteiger partial charge in [0.1, 0.15) is 6.54 Å². The number of methoxy groups -OCH3 is 1. The zero-order chi connectivity index (χ0) is 24.0. The van der Waals surface area contributed by atoms with Crippen LogP contribution in [-0.2, 0) is 14.8 Å². The van der Waals surface area contributed by atoms with Crippen LogP contribution in [0.1, 0.15) is 16.7 Å². The molecule has 9 heteroatoms. The Morgan fingerprint density at radius 3 is 2.45 bits per heavy atom. The van der Waals surface area contributed by atoms with Gasteiger partial charge in [-0.3, -0.25) is 9.10 Å². The third-order valence-corrected chi connectivity index (χ3v) is 6.58. The number of aryl methyl sites for hydroxylation is 2. The molecule has 0 aliphatic carbocycles. The second-order valence-electron chi connectivity index (χ2n) is 7.39. The molecule has 0 radical (unpaired) electrons. The molecule has 0 bridgehead atoms. The van der Waals surface area contributed by atoms with Gasteiger partial charge in [0.05, 0.1) is 23.9 Å². The summed E-state index contributed by atoms with van der Waals surface area (Å²) in [7, 11) is -2.57. The van der Waals surface area contributed by atoms with Crippen LogP contribution < -0.4 is 14.5 Å². The van der Waals surface area contributed by atoms with Gasteiger partial charge in [-0.25, -0.2) is 13.8 Å². The first-order chi connectivity index (χ1) is 15.7. The molecule has 0 aliphatic heterocycles. The average Bonchev–Trinajstić information content (AvgIpc) is 2.78. The highest BCUT2D eigenvalue weighted by Crippen LogP contribution is 2.26. The number of amides is 1. The van der Waals surface area contributed by atoms with Crippen molar-refractivity contribution in [3.63, 3.8) is 0 Å². The molecule has 3 rings (SSSR count). The lowest BCUT2D eigenvalue weighted by molar-refractivity contribution is -0.119. The highest BCUT2D eigenvalue weighted by atomic mass is 32.2. The van der Waals surface area contributed by atoms with Crippen molar-refractivity contribution >= 4 is 27.8 Å². The molecular weight excluding hydrogens is 442 g/mol. The van der Waals surface area contributed by atoms with Crippen molar-refractivity contribution in [1.29, 1.82) is 0 Å². The molecule has 33 heavy (non-hydrogen) atoms. The molecule has 8 nitrogen and oxygen atoms in total. The second-order valence-corrected chi connectivity index (χ2v) is 9.25. The molecule has 0 atom stereocenters. The van der Waals surface area contributed by atoms with Crippen LogP contribution in [0.15, 0.2) is 76.7 Å². The van der Waals surface area contributed by atoms with Crippen molar-refractivity contribution in [2.24, 2.45) is 5.10 Å². The van der Waals surface area contributed by atoms with E-state index in [-0.39, 0.29) is 16.4 Å². The van der Waals surface area contributed by atoms with Crippen LogP contribution in [0, 0.1) is 13.8 Å². The highest BCUT2D eigenvalue weighted by molar-refractivity contribution is 7.92. The van der Waals surface area contributed by atoms with Crippen molar-refractivity contribution < 1.29 is 23.1 Å². The molecule has 0 aromatic heterocycles. The minimum atomic E-state index is -4.00. The fraction of sp³-hybridized carbons (Fsp3) is 0.167. The maximum atomic E-state index is 13.4. The molecule has 0 fully saturated rings. The molecule has 0 unspecified atom stereocenters. The number of rotatable bonds is 8. The summed E-state index contributed by atoms with van der Waals surface area (Å²) in [5.41, 5.74) is 5.08. The van der Waals surface area contributed by atoms with Gasteiger partial charge >= 0.3 is 0 Å². The topological polar surface area (TPSA) is 108 Å². The lowest BCUT2D eigenvalue weighted by Gasteiger charge is -2.24. The Bertz CT molecular complexity index is 1270.